The number of anilines is 3. The second-order valence-corrected chi connectivity index (χ2v) is 13.9. The van der Waals surface area contributed by atoms with Gasteiger partial charge in [-0.15, -0.1) is 0 Å². The summed E-state index contributed by atoms with van der Waals surface area (Å²) in [7, 11) is 0. The minimum absolute atomic E-state index is 0.624. The molecular formula is C51H32N2O. The Labute approximate surface area is 312 Å². The lowest BCUT2D eigenvalue weighted by Gasteiger charge is -2.29. The van der Waals surface area contributed by atoms with Crippen molar-refractivity contribution in [3.8, 4) is 22.6 Å². The monoisotopic (exact) mass is 688 g/mol. The van der Waals surface area contributed by atoms with Gasteiger partial charge in [0.2, 0.25) is 5.89 Å². The highest BCUT2D eigenvalue weighted by Gasteiger charge is 2.24. The number of hydrogen-bond acceptors (Lipinski definition) is 3. The quantitative estimate of drug-likeness (QED) is 0.133. The zero-order valence-electron chi connectivity index (χ0n) is 29.3. The fourth-order valence-corrected chi connectivity index (χ4v) is 8.36. The fraction of sp³-hybridized carbons (Fsp3) is 0. The molecule has 11 rings (SSSR count). The van der Waals surface area contributed by atoms with Crippen LogP contribution in [-0.4, -0.2) is 4.98 Å². The predicted octanol–water partition coefficient (Wildman–Crippen LogP) is 14.4. The Morgan fingerprint density at radius 2 is 0.944 bits per heavy atom. The molecule has 10 aromatic carbocycles. The number of rotatable bonds is 5. The normalized spacial score (nSPS) is 11.7. The maximum Gasteiger partial charge on any atom is 0.228 e. The molecular weight excluding hydrogens is 657 g/mol. The van der Waals surface area contributed by atoms with Crippen LogP contribution in [0, 0.1) is 0 Å². The summed E-state index contributed by atoms with van der Waals surface area (Å²) in [5.74, 6) is 0.624. The van der Waals surface area contributed by atoms with Crippen LogP contribution in [0.4, 0.5) is 17.1 Å². The Balaban J connectivity index is 1.17. The van der Waals surface area contributed by atoms with E-state index in [1.165, 1.54) is 43.4 Å². The number of nitrogens with zero attached hydrogens (tertiary/aromatic N) is 2. The van der Waals surface area contributed by atoms with Crippen molar-refractivity contribution < 1.29 is 4.42 Å². The summed E-state index contributed by atoms with van der Waals surface area (Å²) in [5.41, 5.74) is 8.31. The molecule has 54 heavy (non-hydrogen) atoms. The lowest BCUT2D eigenvalue weighted by Crippen LogP contribution is -2.11. The van der Waals surface area contributed by atoms with E-state index in [0.717, 1.165) is 55.3 Å². The Kier molecular flexibility index (Phi) is 6.86. The average molecular weight is 689 g/mol. The van der Waals surface area contributed by atoms with Crippen LogP contribution in [0.5, 0.6) is 0 Å². The highest BCUT2D eigenvalue weighted by molar-refractivity contribution is 6.22. The smallest absolute Gasteiger partial charge is 0.228 e. The summed E-state index contributed by atoms with van der Waals surface area (Å²) < 4.78 is 6.48. The molecule has 3 heteroatoms. The van der Waals surface area contributed by atoms with Crippen LogP contribution in [0.25, 0.3) is 87.5 Å². The first-order valence-corrected chi connectivity index (χ1v) is 18.4. The third-order valence-corrected chi connectivity index (χ3v) is 10.8. The van der Waals surface area contributed by atoms with Crippen molar-refractivity contribution in [1.29, 1.82) is 0 Å². The number of hydrogen-bond donors (Lipinski definition) is 0. The average Bonchev–Trinajstić information content (AvgIpc) is 3.67. The highest BCUT2D eigenvalue weighted by atomic mass is 16.3. The van der Waals surface area contributed by atoms with E-state index < -0.39 is 0 Å². The first-order chi connectivity index (χ1) is 26.8. The summed E-state index contributed by atoms with van der Waals surface area (Å²) in [4.78, 5) is 7.43. The topological polar surface area (TPSA) is 29.3 Å². The highest BCUT2D eigenvalue weighted by Crippen LogP contribution is 2.49. The van der Waals surface area contributed by atoms with Crippen LogP contribution in [0.1, 0.15) is 0 Å². The second kappa shape index (κ2) is 12.2. The van der Waals surface area contributed by atoms with Gasteiger partial charge in [-0.2, -0.15) is 0 Å². The Hall–Kier alpha value is -7.23. The van der Waals surface area contributed by atoms with E-state index in [0.29, 0.717) is 5.89 Å². The number of oxazole rings is 1. The van der Waals surface area contributed by atoms with E-state index in [9.17, 15) is 0 Å². The molecule has 0 saturated heterocycles. The molecule has 1 heterocycles. The standard InChI is InChI=1S/C51H32N2O/c1-2-14-35-31-38(30-25-33(35)13-1)53(37-28-26-34(27-29-37)46-32-36-15-3-4-16-39(36)40-17-5-6-18-41(40)46)50-44-21-9-7-19-42(44)49(43-20-8-10-22-45(43)50)51-52-47-23-11-12-24-48(47)54-51/h1-32H. The Bertz CT molecular complexity index is 3140. The molecule has 0 aliphatic rings. The lowest BCUT2D eigenvalue weighted by molar-refractivity contribution is 0.621. The van der Waals surface area contributed by atoms with Gasteiger partial charge >= 0.3 is 0 Å². The van der Waals surface area contributed by atoms with E-state index in [4.69, 9.17) is 9.40 Å². The van der Waals surface area contributed by atoms with Gasteiger partial charge in [-0.05, 0) is 96.7 Å². The van der Waals surface area contributed by atoms with Gasteiger partial charge in [0.05, 0.1) is 11.3 Å². The maximum atomic E-state index is 6.48. The van der Waals surface area contributed by atoms with Crippen molar-refractivity contribution in [2.24, 2.45) is 0 Å². The fourth-order valence-electron chi connectivity index (χ4n) is 8.36. The molecule has 0 N–H and O–H groups in total. The number of benzene rings is 10. The maximum absolute atomic E-state index is 6.48. The van der Waals surface area contributed by atoms with Crippen LogP contribution in [0.15, 0.2) is 199 Å². The van der Waals surface area contributed by atoms with Crippen LogP contribution in [0.2, 0.25) is 0 Å². The summed E-state index contributed by atoms with van der Waals surface area (Å²) >= 11 is 0. The lowest BCUT2D eigenvalue weighted by atomic mass is 9.92. The number of para-hydroxylation sites is 2. The van der Waals surface area contributed by atoms with E-state index in [2.05, 4.69) is 175 Å². The van der Waals surface area contributed by atoms with Crippen LogP contribution < -0.4 is 4.90 Å². The third-order valence-electron chi connectivity index (χ3n) is 10.8. The molecule has 0 aliphatic carbocycles. The predicted molar refractivity (Wildman–Crippen MR) is 227 cm³/mol. The van der Waals surface area contributed by atoms with Gasteiger partial charge in [-0.1, -0.05) is 152 Å². The van der Waals surface area contributed by atoms with Gasteiger partial charge in [0, 0.05) is 22.1 Å². The molecule has 0 bridgehead atoms. The Morgan fingerprint density at radius 1 is 0.389 bits per heavy atom. The molecule has 0 radical (unpaired) electrons. The first-order valence-electron chi connectivity index (χ1n) is 18.4. The molecule has 0 amide bonds. The molecule has 1 aromatic heterocycles. The van der Waals surface area contributed by atoms with Gasteiger partial charge in [0.25, 0.3) is 0 Å². The van der Waals surface area contributed by atoms with E-state index in [1.807, 2.05) is 24.3 Å². The number of fused-ring (bicyclic) bond motifs is 7. The van der Waals surface area contributed by atoms with Crippen molar-refractivity contribution in [3.05, 3.63) is 194 Å². The molecule has 0 saturated carbocycles. The zero-order chi connectivity index (χ0) is 35.6. The summed E-state index contributed by atoms with van der Waals surface area (Å²) in [5, 5.41) is 11.8. The van der Waals surface area contributed by atoms with Gasteiger partial charge < -0.3 is 9.32 Å². The van der Waals surface area contributed by atoms with Crippen molar-refractivity contribution >= 4 is 82.0 Å². The molecule has 252 valence electrons. The SMILES string of the molecule is c1ccc2cc(N(c3ccc(-c4cc5ccccc5c5ccccc45)cc3)c3c4ccccc4c(-c4nc5ccccc5o4)c4ccccc34)ccc2c1. The van der Waals surface area contributed by atoms with E-state index in [1.54, 1.807) is 0 Å². The summed E-state index contributed by atoms with van der Waals surface area (Å²) in [6.45, 7) is 0. The molecule has 3 nitrogen and oxygen atoms in total. The first kappa shape index (κ1) is 30.4. The van der Waals surface area contributed by atoms with Crippen LogP contribution >= 0.6 is 0 Å². The van der Waals surface area contributed by atoms with Crippen molar-refractivity contribution in [3.63, 3.8) is 0 Å². The van der Waals surface area contributed by atoms with Crippen LogP contribution in [0.3, 0.4) is 0 Å². The second-order valence-electron chi connectivity index (χ2n) is 13.9. The van der Waals surface area contributed by atoms with Crippen molar-refractivity contribution in [2.45, 2.75) is 0 Å². The largest absolute Gasteiger partial charge is 0.436 e. The van der Waals surface area contributed by atoms with E-state index in [-0.39, 0.29) is 0 Å². The minimum atomic E-state index is 0.624. The molecule has 0 aliphatic heterocycles. The summed E-state index contributed by atoms with van der Waals surface area (Å²) in [6.07, 6.45) is 0. The van der Waals surface area contributed by atoms with Crippen molar-refractivity contribution in [2.75, 3.05) is 4.90 Å². The van der Waals surface area contributed by atoms with Crippen LogP contribution in [-0.2, 0) is 0 Å². The van der Waals surface area contributed by atoms with Gasteiger partial charge in [-0.3, -0.25) is 0 Å². The Morgan fingerprint density at radius 3 is 1.67 bits per heavy atom. The van der Waals surface area contributed by atoms with Crippen molar-refractivity contribution in [1.82, 2.24) is 4.98 Å². The molecule has 0 unspecified atom stereocenters. The molecule has 11 aromatic rings. The van der Waals surface area contributed by atoms with Gasteiger partial charge in [-0.25, -0.2) is 4.98 Å². The number of aromatic nitrogens is 1. The van der Waals surface area contributed by atoms with Gasteiger partial charge in [0.15, 0.2) is 5.58 Å². The third kappa shape index (κ3) is 4.79. The summed E-state index contributed by atoms with van der Waals surface area (Å²) in [6, 6.07) is 69.5. The molecule has 0 atom stereocenters. The minimum Gasteiger partial charge on any atom is -0.436 e. The van der Waals surface area contributed by atoms with E-state index >= 15 is 0 Å². The molecule has 0 spiro atoms. The van der Waals surface area contributed by atoms with Gasteiger partial charge in [0.1, 0.15) is 5.52 Å². The molecule has 0 fully saturated rings. The zero-order valence-corrected chi connectivity index (χ0v) is 29.3.